The Bertz CT molecular complexity index is 1620. The van der Waals surface area contributed by atoms with E-state index >= 15 is 0 Å². The first kappa shape index (κ1) is 30.0. The van der Waals surface area contributed by atoms with Gasteiger partial charge in [0.2, 0.25) is 0 Å². The minimum atomic E-state index is -4.75. The molecule has 0 aliphatic carbocycles. The molecule has 0 spiro atoms. The van der Waals surface area contributed by atoms with Gasteiger partial charge < -0.3 is 9.64 Å². The number of benzene rings is 3. The van der Waals surface area contributed by atoms with Gasteiger partial charge >= 0.3 is 12.4 Å². The summed E-state index contributed by atoms with van der Waals surface area (Å²) in [6.45, 7) is 4.26. The van der Waals surface area contributed by atoms with E-state index in [0.29, 0.717) is 23.1 Å². The van der Waals surface area contributed by atoms with E-state index in [2.05, 4.69) is 55.7 Å². The van der Waals surface area contributed by atoms with E-state index in [1.807, 2.05) is 36.4 Å². The highest BCUT2D eigenvalue weighted by Gasteiger charge is 2.31. The van der Waals surface area contributed by atoms with Crippen molar-refractivity contribution in [2.45, 2.75) is 45.5 Å². The number of amidine groups is 1. The second kappa shape index (κ2) is 13.2. The fraction of sp³-hybridized carbons (Fsp3) is 0.258. The number of hydrogen-bond donors (Lipinski definition) is 0. The molecule has 8 nitrogen and oxygen atoms in total. The first-order valence-corrected chi connectivity index (χ1v) is 14.7. The summed E-state index contributed by atoms with van der Waals surface area (Å²) in [5, 5.41) is 5.09. The zero-order valence-corrected chi connectivity index (χ0v) is 24.3. The summed E-state index contributed by atoms with van der Waals surface area (Å²) >= 11 is 1.57. The van der Waals surface area contributed by atoms with Crippen molar-refractivity contribution >= 4 is 34.9 Å². The fourth-order valence-corrected chi connectivity index (χ4v) is 5.83. The van der Waals surface area contributed by atoms with Crippen molar-refractivity contribution in [1.82, 2.24) is 14.8 Å². The summed E-state index contributed by atoms with van der Waals surface area (Å²) in [7, 11) is 0. The maximum atomic E-state index is 12.7. The highest BCUT2D eigenvalue weighted by molar-refractivity contribution is 8.14. The highest BCUT2D eigenvalue weighted by Crippen LogP contribution is 2.32. The molecule has 1 atom stereocenters. The Labute approximate surface area is 251 Å². The monoisotopic (exact) mass is 606 g/mol. The Morgan fingerprint density at radius 1 is 1.09 bits per heavy atom. The number of aliphatic imine (C=N–C) groups is 2. The third kappa shape index (κ3) is 7.69. The number of halogens is 3. The quantitative estimate of drug-likeness (QED) is 0.202. The van der Waals surface area contributed by atoms with Gasteiger partial charge in [0, 0.05) is 35.7 Å². The van der Waals surface area contributed by atoms with Gasteiger partial charge in [-0.05, 0) is 61.2 Å². The highest BCUT2D eigenvalue weighted by atomic mass is 32.2. The van der Waals surface area contributed by atoms with E-state index in [1.54, 1.807) is 18.0 Å². The molecule has 0 N–H and O–H groups in total. The van der Waals surface area contributed by atoms with Crippen LogP contribution < -0.4 is 9.64 Å². The number of rotatable bonds is 7. The maximum Gasteiger partial charge on any atom is 0.573 e. The summed E-state index contributed by atoms with van der Waals surface area (Å²) in [4.78, 5) is 27.5. The fourth-order valence-electron chi connectivity index (χ4n) is 4.63. The number of para-hydroxylation sites is 1. The summed E-state index contributed by atoms with van der Waals surface area (Å²) in [5.74, 6) is 1.03. The van der Waals surface area contributed by atoms with Crippen LogP contribution in [0.5, 0.6) is 5.75 Å². The molecule has 1 aromatic heterocycles. The molecule has 0 radical (unpaired) electrons. The summed E-state index contributed by atoms with van der Waals surface area (Å²) in [6.07, 6.45) is 0.617. The van der Waals surface area contributed by atoms with Gasteiger partial charge in [-0.1, -0.05) is 61.2 Å². The summed E-state index contributed by atoms with van der Waals surface area (Å²) in [5.41, 5.74) is 4.52. The molecular weight excluding hydrogens is 577 g/mol. The Morgan fingerprint density at radius 3 is 2.56 bits per heavy atom. The minimum Gasteiger partial charge on any atom is -0.406 e. The lowest BCUT2D eigenvalue weighted by atomic mass is 10.1. The van der Waals surface area contributed by atoms with Crippen molar-refractivity contribution in [2.24, 2.45) is 9.98 Å². The Hall–Kier alpha value is -4.45. The number of carbonyl (C=O) groups is 1. The molecule has 2 heterocycles. The van der Waals surface area contributed by atoms with E-state index < -0.39 is 12.4 Å². The minimum absolute atomic E-state index is 0.224. The zero-order chi connectivity index (χ0) is 30.4. The maximum absolute atomic E-state index is 12.7. The van der Waals surface area contributed by atoms with E-state index in [1.165, 1.54) is 40.8 Å². The smallest absolute Gasteiger partial charge is 0.406 e. The van der Waals surface area contributed by atoms with Crippen molar-refractivity contribution in [3.8, 4) is 22.8 Å². The number of amides is 2. The molecule has 43 heavy (non-hydrogen) atoms. The van der Waals surface area contributed by atoms with Gasteiger partial charge in [-0.2, -0.15) is 4.99 Å². The second-order valence-corrected chi connectivity index (χ2v) is 10.8. The molecule has 222 valence electrons. The molecule has 1 aliphatic heterocycles. The summed E-state index contributed by atoms with van der Waals surface area (Å²) in [6, 6.07) is 20.7. The molecule has 0 saturated carbocycles. The van der Waals surface area contributed by atoms with Crippen LogP contribution in [0.15, 0.2) is 89.1 Å². The normalized spacial score (nSPS) is 16.6. The van der Waals surface area contributed by atoms with Gasteiger partial charge in [-0.15, -0.1) is 18.3 Å². The molecule has 3 aromatic carbocycles. The molecule has 4 aromatic rings. The number of anilines is 1. The van der Waals surface area contributed by atoms with Crippen molar-refractivity contribution in [1.29, 1.82) is 0 Å². The number of aromatic nitrogens is 3. The Balaban J connectivity index is 1.21. The van der Waals surface area contributed by atoms with Crippen LogP contribution in [0, 0.1) is 0 Å². The van der Waals surface area contributed by atoms with Crippen LogP contribution in [0.1, 0.15) is 31.4 Å². The molecule has 5 rings (SSSR count). The van der Waals surface area contributed by atoms with Gasteiger partial charge in [-0.3, -0.25) is 0 Å². The van der Waals surface area contributed by atoms with Crippen LogP contribution in [0.4, 0.5) is 23.7 Å². The van der Waals surface area contributed by atoms with Gasteiger partial charge in [-0.25, -0.2) is 19.5 Å². The van der Waals surface area contributed by atoms with Crippen molar-refractivity contribution < 1.29 is 22.7 Å². The first-order valence-electron chi connectivity index (χ1n) is 13.7. The third-order valence-electron chi connectivity index (χ3n) is 6.80. The Kier molecular flexibility index (Phi) is 9.24. The second-order valence-electron chi connectivity index (χ2n) is 9.78. The number of ether oxygens (including phenoxy) is 1. The van der Waals surface area contributed by atoms with E-state index in [4.69, 9.17) is 0 Å². The lowest BCUT2D eigenvalue weighted by molar-refractivity contribution is -0.274. The predicted octanol–water partition coefficient (Wildman–Crippen LogP) is 7.52. The molecule has 0 bridgehead atoms. The van der Waals surface area contributed by atoms with Gasteiger partial charge in [0.25, 0.3) is 0 Å². The summed E-state index contributed by atoms with van der Waals surface area (Å²) < 4.78 is 42.6. The molecule has 1 aliphatic rings. The van der Waals surface area contributed by atoms with Crippen molar-refractivity contribution in [3.63, 3.8) is 0 Å². The number of hydrogen-bond acceptors (Lipinski definition) is 5. The van der Waals surface area contributed by atoms with Crippen LogP contribution >= 0.6 is 11.8 Å². The lowest BCUT2D eigenvalue weighted by Gasteiger charge is -2.36. The molecular formula is C31H29F3N6O2S. The molecule has 12 heteroatoms. The van der Waals surface area contributed by atoms with Gasteiger partial charge in [0.15, 0.2) is 11.0 Å². The lowest BCUT2D eigenvalue weighted by Crippen LogP contribution is -2.42. The van der Waals surface area contributed by atoms with Crippen LogP contribution in [0.25, 0.3) is 17.1 Å². The van der Waals surface area contributed by atoms with Crippen molar-refractivity contribution in [3.05, 3.63) is 90.3 Å². The molecule has 1 saturated heterocycles. The zero-order valence-electron chi connectivity index (χ0n) is 23.5. The number of nitrogens with zero attached hydrogens (tertiary/aromatic N) is 6. The van der Waals surface area contributed by atoms with Gasteiger partial charge in [0.05, 0.1) is 5.69 Å². The van der Waals surface area contributed by atoms with Crippen LogP contribution in [-0.4, -0.2) is 50.3 Å². The average molecular weight is 607 g/mol. The largest absolute Gasteiger partial charge is 0.573 e. The van der Waals surface area contributed by atoms with Crippen LogP contribution in [0.2, 0.25) is 0 Å². The van der Waals surface area contributed by atoms with Crippen LogP contribution in [-0.2, 0) is 12.8 Å². The number of aryl methyl sites for hydroxylation is 1. The number of alkyl halides is 3. The molecule has 2 amide bonds. The predicted molar refractivity (Wildman–Crippen MR) is 163 cm³/mol. The standard InChI is InChI=1S/C31H29F3N6O2S/c1-3-23-6-4-5-7-27(23)40-21(2)17-19-43-30(40)37-29(41)35-18-16-22-8-10-24(11-9-22)28-36-20-39(38-28)25-12-14-26(15-13-25)42-31(32,33)34/h4-15,18,20-21H,3,16-17,19H2,1-2H3. The number of thioether (sulfide) groups is 1. The van der Waals surface area contributed by atoms with E-state index in [9.17, 15) is 18.0 Å². The topological polar surface area (TPSA) is 85.0 Å². The third-order valence-corrected chi connectivity index (χ3v) is 7.79. The first-order chi connectivity index (χ1) is 20.7. The number of urea groups is 1. The molecule has 1 unspecified atom stereocenters. The van der Waals surface area contributed by atoms with Crippen molar-refractivity contribution in [2.75, 3.05) is 10.7 Å². The number of carbonyl (C=O) groups excluding carboxylic acids is 1. The SMILES string of the molecule is CCc1ccccc1N1C(=NC(=O)N=CCc2ccc(-c3ncn(-c4ccc(OC(F)(F)F)cc4)n3)cc2)SCCC1C. The average Bonchev–Trinajstić information content (AvgIpc) is 3.48. The van der Waals surface area contributed by atoms with E-state index in [-0.39, 0.29) is 11.8 Å². The Morgan fingerprint density at radius 2 is 1.84 bits per heavy atom. The van der Waals surface area contributed by atoms with Gasteiger partial charge in [0.1, 0.15) is 12.1 Å². The van der Waals surface area contributed by atoms with Crippen LogP contribution in [0.3, 0.4) is 0 Å². The van der Waals surface area contributed by atoms with E-state index in [0.717, 1.165) is 35.4 Å². The molecule has 1 fully saturated rings.